The molecule has 2 aromatic carbocycles. The summed E-state index contributed by atoms with van der Waals surface area (Å²) in [5, 5.41) is 0. The van der Waals surface area contributed by atoms with Crippen LogP contribution in [0.2, 0.25) is 0 Å². The highest BCUT2D eigenvalue weighted by molar-refractivity contribution is 7.16. The highest BCUT2D eigenvalue weighted by atomic mass is 32.1. The van der Waals surface area contributed by atoms with E-state index in [1.165, 1.54) is 11.3 Å². The Hall–Kier alpha value is -3.05. The van der Waals surface area contributed by atoms with E-state index in [9.17, 15) is 4.79 Å². The molecule has 0 spiro atoms. The lowest BCUT2D eigenvalue weighted by atomic mass is 10.1. The summed E-state index contributed by atoms with van der Waals surface area (Å²) in [6.45, 7) is 0.470. The number of anilines is 1. The van der Waals surface area contributed by atoms with Gasteiger partial charge in [0.1, 0.15) is 5.82 Å². The van der Waals surface area contributed by atoms with E-state index in [-0.39, 0.29) is 5.91 Å². The molecule has 0 aliphatic rings. The average molecular weight is 345 g/mol. The van der Waals surface area contributed by atoms with Gasteiger partial charge in [-0.2, -0.15) is 0 Å². The Balaban J connectivity index is 1.72. The first-order valence-corrected chi connectivity index (χ1v) is 8.79. The number of benzene rings is 2. The molecule has 0 aliphatic carbocycles. The zero-order valence-corrected chi connectivity index (χ0v) is 14.2. The van der Waals surface area contributed by atoms with E-state index >= 15 is 0 Å². The van der Waals surface area contributed by atoms with Gasteiger partial charge in [0.25, 0.3) is 5.91 Å². The average Bonchev–Trinajstić information content (AvgIpc) is 3.15. The number of aromatic nitrogens is 2. The van der Waals surface area contributed by atoms with Crippen LogP contribution in [0.15, 0.2) is 78.4 Å². The molecule has 0 saturated heterocycles. The largest absolute Gasteiger partial charge is 0.288 e. The van der Waals surface area contributed by atoms with Gasteiger partial charge in [0, 0.05) is 11.8 Å². The van der Waals surface area contributed by atoms with Crippen molar-refractivity contribution in [1.29, 1.82) is 0 Å². The summed E-state index contributed by atoms with van der Waals surface area (Å²) < 4.78 is 1.01. The van der Waals surface area contributed by atoms with E-state index in [1.807, 2.05) is 66.7 Å². The summed E-state index contributed by atoms with van der Waals surface area (Å²) in [5.41, 5.74) is 4.40. The molecule has 2 aromatic heterocycles. The molecule has 0 radical (unpaired) electrons. The number of carbonyl (C=O) groups excluding carboxylic acids is 1. The number of amides is 1. The lowest BCUT2D eigenvalue weighted by Crippen LogP contribution is -2.31. The molecule has 0 fully saturated rings. The lowest BCUT2D eigenvalue weighted by Gasteiger charge is -2.22. The minimum absolute atomic E-state index is 0.0714. The SMILES string of the molecule is O=C(c1ccc2ncsc2c1)N(Cc1ccccc1)c1ccccn1. The fraction of sp³-hybridized carbons (Fsp3) is 0.0500. The molecule has 0 atom stereocenters. The number of rotatable bonds is 4. The molecule has 1 amide bonds. The van der Waals surface area contributed by atoms with Gasteiger partial charge in [-0.15, -0.1) is 11.3 Å². The van der Waals surface area contributed by atoms with Crippen molar-refractivity contribution in [1.82, 2.24) is 9.97 Å². The van der Waals surface area contributed by atoms with E-state index in [1.54, 1.807) is 16.6 Å². The van der Waals surface area contributed by atoms with Gasteiger partial charge in [-0.1, -0.05) is 36.4 Å². The summed E-state index contributed by atoms with van der Waals surface area (Å²) in [6, 6.07) is 21.1. The Morgan fingerprint density at radius 1 is 0.960 bits per heavy atom. The minimum atomic E-state index is -0.0714. The topological polar surface area (TPSA) is 46.1 Å². The van der Waals surface area contributed by atoms with Crippen LogP contribution in [0, 0.1) is 0 Å². The maximum absolute atomic E-state index is 13.2. The molecule has 2 heterocycles. The van der Waals surface area contributed by atoms with E-state index in [4.69, 9.17) is 0 Å². The summed E-state index contributed by atoms with van der Waals surface area (Å²) >= 11 is 1.53. The molecular weight excluding hydrogens is 330 g/mol. The van der Waals surface area contributed by atoms with Gasteiger partial charge in [-0.3, -0.25) is 9.69 Å². The molecule has 25 heavy (non-hydrogen) atoms. The van der Waals surface area contributed by atoms with Gasteiger partial charge in [-0.25, -0.2) is 9.97 Å². The van der Waals surface area contributed by atoms with Gasteiger partial charge in [-0.05, 0) is 35.9 Å². The van der Waals surface area contributed by atoms with Gasteiger partial charge in [0.15, 0.2) is 0 Å². The van der Waals surface area contributed by atoms with Crippen LogP contribution >= 0.6 is 11.3 Å². The zero-order chi connectivity index (χ0) is 17.1. The van der Waals surface area contributed by atoms with Crippen LogP contribution in [0.4, 0.5) is 5.82 Å². The lowest BCUT2D eigenvalue weighted by molar-refractivity contribution is 0.0984. The van der Waals surface area contributed by atoms with E-state index in [0.717, 1.165) is 15.8 Å². The quantitative estimate of drug-likeness (QED) is 0.545. The molecule has 4 nitrogen and oxygen atoms in total. The van der Waals surface area contributed by atoms with Crippen molar-refractivity contribution in [3.05, 3.63) is 89.6 Å². The third kappa shape index (κ3) is 3.27. The molecule has 0 N–H and O–H groups in total. The Kier molecular flexibility index (Phi) is 4.23. The molecule has 0 bridgehead atoms. The molecule has 122 valence electrons. The van der Waals surface area contributed by atoms with Crippen LogP contribution in [-0.2, 0) is 6.54 Å². The van der Waals surface area contributed by atoms with Crippen LogP contribution in [0.25, 0.3) is 10.2 Å². The summed E-state index contributed by atoms with van der Waals surface area (Å²) in [7, 11) is 0. The summed E-state index contributed by atoms with van der Waals surface area (Å²) in [5.74, 6) is 0.568. The molecule has 0 saturated carbocycles. The molecule has 0 unspecified atom stereocenters. The first-order chi connectivity index (χ1) is 12.3. The first kappa shape index (κ1) is 15.5. The van der Waals surface area contributed by atoms with Gasteiger partial charge in [0.05, 0.1) is 22.3 Å². The van der Waals surface area contributed by atoms with Crippen molar-refractivity contribution in [2.75, 3.05) is 4.90 Å². The third-order valence-electron chi connectivity index (χ3n) is 3.93. The van der Waals surface area contributed by atoms with Gasteiger partial charge in [0.2, 0.25) is 0 Å². The fourth-order valence-corrected chi connectivity index (χ4v) is 3.40. The summed E-state index contributed by atoms with van der Waals surface area (Å²) in [4.78, 5) is 23.5. The first-order valence-electron chi connectivity index (χ1n) is 7.91. The van der Waals surface area contributed by atoms with Crippen molar-refractivity contribution in [3.8, 4) is 0 Å². The molecular formula is C20H15N3OS. The van der Waals surface area contributed by atoms with Crippen LogP contribution in [0.5, 0.6) is 0 Å². The molecule has 4 aromatic rings. The van der Waals surface area contributed by atoms with Gasteiger partial charge >= 0.3 is 0 Å². The monoisotopic (exact) mass is 345 g/mol. The second kappa shape index (κ2) is 6.83. The molecule has 0 aliphatic heterocycles. The predicted octanol–water partition coefficient (Wildman–Crippen LogP) is 4.54. The Labute approximate surface area is 149 Å². The fourth-order valence-electron chi connectivity index (χ4n) is 2.68. The number of pyridine rings is 1. The Morgan fingerprint density at radius 3 is 2.60 bits per heavy atom. The van der Waals surface area contributed by atoms with Crippen molar-refractivity contribution < 1.29 is 4.79 Å². The number of fused-ring (bicyclic) bond motifs is 1. The Bertz CT molecular complexity index is 999. The number of hydrogen-bond acceptors (Lipinski definition) is 4. The van der Waals surface area contributed by atoms with E-state index in [0.29, 0.717) is 17.9 Å². The number of carbonyl (C=O) groups is 1. The normalized spacial score (nSPS) is 10.7. The summed E-state index contributed by atoms with van der Waals surface area (Å²) in [6.07, 6.45) is 1.70. The standard InChI is InChI=1S/C20H15N3OS/c24-20(16-9-10-17-18(12-16)25-14-22-17)23(19-8-4-5-11-21-19)13-15-6-2-1-3-7-15/h1-12,14H,13H2. The predicted molar refractivity (Wildman–Crippen MR) is 101 cm³/mol. The van der Waals surface area contributed by atoms with Crippen molar-refractivity contribution in [2.45, 2.75) is 6.54 Å². The minimum Gasteiger partial charge on any atom is -0.288 e. The smallest absolute Gasteiger partial charge is 0.259 e. The van der Waals surface area contributed by atoms with Crippen LogP contribution < -0.4 is 4.90 Å². The Morgan fingerprint density at radius 2 is 1.80 bits per heavy atom. The molecule has 4 rings (SSSR count). The second-order valence-corrected chi connectivity index (χ2v) is 6.49. The van der Waals surface area contributed by atoms with E-state index < -0.39 is 0 Å². The second-order valence-electron chi connectivity index (χ2n) is 5.60. The van der Waals surface area contributed by atoms with Crippen molar-refractivity contribution in [3.63, 3.8) is 0 Å². The highest BCUT2D eigenvalue weighted by Crippen LogP contribution is 2.22. The zero-order valence-electron chi connectivity index (χ0n) is 13.4. The third-order valence-corrected chi connectivity index (χ3v) is 4.72. The van der Waals surface area contributed by atoms with Gasteiger partial charge < -0.3 is 0 Å². The van der Waals surface area contributed by atoms with Crippen LogP contribution in [0.1, 0.15) is 15.9 Å². The maximum atomic E-state index is 13.2. The van der Waals surface area contributed by atoms with Crippen molar-refractivity contribution in [2.24, 2.45) is 0 Å². The van der Waals surface area contributed by atoms with Crippen LogP contribution in [-0.4, -0.2) is 15.9 Å². The number of hydrogen-bond donors (Lipinski definition) is 0. The number of thiazole rings is 1. The maximum Gasteiger partial charge on any atom is 0.259 e. The number of nitrogens with zero attached hydrogens (tertiary/aromatic N) is 3. The molecule has 5 heteroatoms. The highest BCUT2D eigenvalue weighted by Gasteiger charge is 2.19. The van der Waals surface area contributed by atoms with Crippen LogP contribution in [0.3, 0.4) is 0 Å². The van der Waals surface area contributed by atoms with E-state index in [2.05, 4.69) is 9.97 Å². The van der Waals surface area contributed by atoms with Crippen molar-refractivity contribution >= 4 is 33.3 Å².